The van der Waals surface area contributed by atoms with E-state index in [9.17, 15) is 14.0 Å². The lowest BCUT2D eigenvalue weighted by atomic mass is 10.0. The molecule has 3 heterocycles. The van der Waals surface area contributed by atoms with Gasteiger partial charge in [0.25, 0.3) is 5.91 Å². The number of nitrogen functional groups attached to an aromatic ring is 1. The maximum Gasteiger partial charge on any atom is 0.272 e. The molecule has 0 bridgehead atoms. The maximum absolute atomic E-state index is 14.4. The molecule has 1 saturated heterocycles. The number of aromatic nitrogens is 2. The molecule has 0 spiro atoms. The summed E-state index contributed by atoms with van der Waals surface area (Å²) in [6.45, 7) is 4.44. The van der Waals surface area contributed by atoms with E-state index < -0.39 is 18.1 Å². The van der Waals surface area contributed by atoms with Gasteiger partial charge in [-0.15, -0.1) is 0 Å². The van der Waals surface area contributed by atoms with Crippen molar-refractivity contribution in [1.29, 1.82) is 0 Å². The zero-order chi connectivity index (χ0) is 23.5. The fourth-order valence-electron chi connectivity index (χ4n) is 3.87. The molecule has 4 N–H and O–H groups in total. The topological polar surface area (TPSA) is 113 Å². The fraction of sp³-hybridized carbons (Fsp3) is 0.250. The Morgan fingerprint density at radius 3 is 2.85 bits per heavy atom. The molecule has 2 amide bonds. The molecule has 8 nitrogen and oxygen atoms in total. The number of hydrogen-bond acceptors (Lipinski definition) is 6. The third kappa shape index (κ3) is 4.83. The number of likely N-dealkylation sites (tertiary alicyclic amines) is 1. The predicted octanol–water partition coefficient (Wildman–Crippen LogP) is 2.78. The summed E-state index contributed by atoms with van der Waals surface area (Å²) in [6, 6.07) is 9.88. The number of carbonyl (C=O) groups is 2. The van der Waals surface area contributed by atoms with E-state index in [4.69, 9.17) is 5.73 Å². The quantitative estimate of drug-likeness (QED) is 0.518. The standard InChI is InChI=1S/C24H25FN6O2/c1-3-22(32)28-20-8-10-27-19-6-4-14(12-15(19)20)18-7-5-17(26)23(29-18)24(33)30-21-9-11-31(2)13-16(21)25/h3-8,10,12,16,21H,1,9,11,13,26H2,2H3,(H,30,33)(H,27,28,32). The minimum absolute atomic E-state index is 0.0464. The average Bonchev–Trinajstić information content (AvgIpc) is 2.81. The van der Waals surface area contributed by atoms with Gasteiger partial charge in [-0.1, -0.05) is 12.6 Å². The second kappa shape index (κ2) is 9.33. The zero-order valence-electron chi connectivity index (χ0n) is 18.2. The number of piperidine rings is 1. The highest BCUT2D eigenvalue weighted by molar-refractivity contribution is 6.06. The Labute approximate surface area is 190 Å². The first-order chi connectivity index (χ1) is 15.9. The monoisotopic (exact) mass is 448 g/mol. The van der Waals surface area contributed by atoms with Crippen molar-refractivity contribution in [1.82, 2.24) is 20.2 Å². The number of benzene rings is 1. The molecule has 1 aromatic carbocycles. The van der Waals surface area contributed by atoms with Crippen LogP contribution in [0.1, 0.15) is 16.9 Å². The van der Waals surface area contributed by atoms with E-state index in [1.54, 1.807) is 30.5 Å². The summed E-state index contributed by atoms with van der Waals surface area (Å²) in [5, 5.41) is 6.22. The number of anilines is 2. The number of hydrogen-bond donors (Lipinski definition) is 3. The molecule has 4 rings (SSSR count). The van der Waals surface area contributed by atoms with Crippen molar-refractivity contribution in [2.75, 3.05) is 31.2 Å². The van der Waals surface area contributed by atoms with Crippen LogP contribution in [-0.4, -0.2) is 59.0 Å². The van der Waals surface area contributed by atoms with Crippen molar-refractivity contribution in [2.45, 2.75) is 18.6 Å². The van der Waals surface area contributed by atoms with E-state index in [-0.39, 0.29) is 23.8 Å². The summed E-state index contributed by atoms with van der Waals surface area (Å²) in [5.74, 6) is -0.842. The normalized spacial score (nSPS) is 18.6. The van der Waals surface area contributed by atoms with Gasteiger partial charge in [0.05, 0.1) is 28.6 Å². The third-order valence-electron chi connectivity index (χ3n) is 5.68. The van der Waals surface area contributed by atoms with E-state index in [2.05, 4.69) is 27.2 Å². The number of amides is 2. The number of alkyl halides is 1. The molecule has 33 heavy (non-hydrogen) atoms. The molecular weight excluding hydrogens is 423 g/mol. The number of rotatable bonds is 5. The van der Waals surface area contributed by atoms with Gasteiger partial charge in [0, 0.05) is 30.2 Å². The number of nitrogens with one attached hydrogen (secondary N) is 2. The van der Waals surface area contributed by atoms with Crippen LogP contribution in [0.5, 0.6) is 0 Å². The summed E-state index contributed by atoms with van der Waals surface area (Å²) in [4.78, 5) is 35.3. The summed E-state index contributed by atoms with van der Waals surface area (Å²) in [6.07, 6.45) is 2.15. The predicted molar refractivity (Wildman–Crippen MR) is 126 cm³/mol. The third-order valence-corrected chi connectivity index (χ3v) is 5.68. The van der Waals surface area contributed by atoms with Crippen LogP contribution in [0.2, 0.25) is 0 Å². The highest BCUT2D eigenvalue weighted by Gasteiger charge is 2.29. The van der Waals surface area contributed by atoms with Crippen molar-refractivity contribution in [2.24, 2.45) is 0 Å². The Hall–Kier alpha value is -3.85. The maximum atomic E-state index is 14.4. The molecule has 1 aliphatic heterocycles. The summed E-state index contributed by atoms with van der Waals surface area (Å²) < 4.78 is 14.4. The summed E-state index contributed by atoms with van der Waals surface area (Å²) in [7, 11) is 1.85. The lowest BCUT2D eigenvalue weighted by molar-refractivity contribution is -0.111. The van der Waals surface area contributed by atoms with Crippen LogP contribution in [-0.2, 0) is 4.79 Å². The molecule has 2 aromatic heterocycles. The first-order valence-electron chi connectivity index (χ1n) is 10.6. The van der Waals surface area contributed by atoms with Crippen LogP contribution in [0.25, 0.3) is 22.2 Å². The van der Waals surface area contributed by atoms with Gasteiger partial charge in [-0.25, -0.2) is 9.37 Å². The molecule has 0 radical (unpaired) electrons. The van der Waals surface area contributed by atoms with Crippen LogP contribution < -0.4 is 16.4 Å². The number of nitrogens with zero attached hydrogens (tertiary/aromatic N) is 3. The van der Waals surface area contributed by atoms with Crippen molar-refractivity contribution in [3.8, 4) is 11.3 Å². The van der Waals surface area contributed by atoms with Gasteiger partial charge >= 0.3 is 0 Å². The second-order valence-electron chi connectivity index (χ2n) is 8.07. The molecule has 170 valence electrons. The van der Waals surface area contributed by atoms with Crippen LogP contribution in [0.15, 0.2) is 55.3 Å². The van der Waals surface area contributed by atoms with Gasteiger partial charge in [-0.2, -0.15) is 0 Å². The molecule has 1 aliphatic rings. The van der Waals surface area contributed by atoms with Crippen molar-refractivity contribution < 1.29 is 14.0 Å². The summed E-state index contributed by atoms with van der Waals surface area (Å²) in [5.41, 5.74) is 8.77. The average molecular weight is 449 g/mol. The molecule has 0 saturated carbocycles. The lowest BCUT2D eigenvalue weighted by Gasteiger charge is -2.32. The smallest absolute Gasteiger partial charge is 0.272 e. The van der Waals surface area contributed by atoms with Crippen LogP contribution in [0.3, 0.4) is 0 Å². The lowest BCUT2D eigenvalue weighted by Crippen LogP contribution is -2.51. The Morgan fingerprint density at radius 1 is 1.27 bits per heavy atom. The zero-order valence-corrected chi connectivity index (χ0v) is 18.2. The molecule has 9 heteroatoms. The van der Waals surface area contributed by atoms with Crippen molar-refractivity contribution in [3.63, 3.8) is 0 Å². The molecule has 2 atom stereocenters. The minimum Gasteiger partial charge on any atom is -0.397 e. The molecule has 2 unspecified atom stereocenters. The van der Waals surface area contributed by atoms with Crippen LogP contribution in [0, 0.1) is 0 Å². The molecular formula is C24H25FN6O2. The first-order valence-corrected chi connectivity index (χ1v) is 10.6. The molecule has 0 aliphatic carbocycles. The van der Waals surface area contributed by atoms with E-state index >= 15 is 0 Å². The number of halogens is 1. The van der Waals surface area contributed by atoms with Gasteiger partial charge in [-0.3, -0.25) is 14.6 Å². The number of pyridine rings is 2. The van der Waals surface area contributed by atoms with Crippen LogP contribution in [0.4, 0.5) is 15.8 Å². The van der Waals surface area contributed by atoms with Gasteiger partial charge in [0.2, 0.25) is 5.91 Å². The molecule has 3 aromatic rings. The van der Waals surface area contributed by atoms with Gasteiger partial charge < -0.3 is 21.3 Å². The molecule has 1 fully saturated rings. The Balaban J connectivity index is 1.64. The first kappa shape index (κ1) is 22.3. The van der Waals surface area contributed by atoms with Crippen LogP contribution >= 0.6 is 0 Å². The Morgan fingerprint density at radius 2 is 2.09 bits per heavy atom. The second-order valence-corrected chi connectivity index (χ2v) is 8.07. The minimum atomic E-state index is -1.16. The largest absolute Gasteiger partial charge is 0.397 e. The fourth-order valence-corrected chi connectivity index (χ4v) is 3.87. The van der Waals surface area contributed by atoms with E-state index in [1.807, 2.05) is 24.1 Å². The van der Waals surface area contributed by atoms with Crippen molar-refractivity contribution in [3.05, 3.63) is 60.9 Å². The van der Waals surface area contributed by atoms with Gasteiger partial charge in [0.15, 0.2) is 5.69 Å². The highest BCUT2D eigenvalue weighted by atomic mass is 19.1. The number of fused-ring (bicyclic) bond motifs is 1. The van der Waals surface area contributed by atoms with Gasteiger partial charge in [-0.05, 0) is 49.9 Å². The number of carbonyl (C=O) groups excluding carboxylic acids is 2. The van der Waals surface area contributed by atoms with Crippen molar-refractivity contribution >= 4 is 34.1 Å². The summed E-state index contributed by atoms with van der Waals surface area (Å²) >= 11 is 0. The highest BCUT2D eigenvalue weighted by Crippen LogP contribution is 2.28. The van der Waals surface area contributed by atoms with E-state index in [0.717, 1.165) is 0 Å². The number of nitrogens with two attached hydrogens (primary N) is 1. The van der Waals surface area contributed by atoms with Gasteiger partial charge in [0.1, 0.15) is 6.17 Å². The van der Waals surface area contributed by atoms with E-state index in [0.29, 0.717) is 40.8 Å². The Kier molecular flexibility index (Phi) is 6.32. The van der Waals surface area contributed by atoms with E-state index in [1.165, 1.54) is 6.08 Å². The Bertz CT molecular complexity index is 1230. The SMILES string of the molecule is C=CC(=O)Nc1ccnc2ccc(-c3ccc(N)c(C(=O)NC4CCN(C)CC4F)n3)cc12.